The number of amides is 1. The number of carbonyl (C=O) groups excluding carboxylic acids is 2. The SMILES string of the molecule is CCOC(=O)C1CCCN(C(C)C(=O)Nc2ncccn2)C1. The van der Waals surface area contributed by atoms with Crippen LogP contribution in [0.5, 0.6) is 0 Å². The number of hydrogen-bond acceptors (Lipinski definition) is 6. The van der Waals surface area contributed by atoms with Crippen molar-refractivity contribution in [1.29, 1.82) is 0 Å². The maximum atomic E-state index is 12.3. The number of piperidine rings is 1. The molecule has 1 amide bonds. The molecule has 0 aliphatic carbocycles. The number of anilines is 1. The number of rotatable bonds is 5. The minimum atomic E-state index is -0.346. The van der Waals surface area contributed by atoms with E-state index in [1.165, 1.54) is 0 Å². The fourth-order valence-electron chi connectivity index (χ4n) is 2.55. The third-order valence-corrected chi connectivity index (χ3v) is 3.80. The van der Waals surface area contributed by atoms with Crippen molar-refractivity contribution in [2.24, 2.45) is 5.92 Å². The zero-order valence-corrected chi connectivity index (χ0v) is 13.0. The molecule has 0 aromatic carbocycles. The normalized spacial score (nSPS) is 20.2. The van der Waals surface area contributed by atoms with E-state index in [9.17, 15) is 9.59 Å². The number of esters is 1. The lowest BCUT2D eigenvalue weighted by Crippen LogP contribution is -2.48. The van der Waals surface area contributed by atoms with Gasteiger partial charge in [-0.25, -0.2) is 9.97 Å². The predicted octanol–water partition coefficient (Wildman–Crippen LogP) is 1.08. The quantitative estimate of drug-likeness (QED) is 0.819. The highest BCUT2D eigenvalue weighted by Gasteiger charge is 2.31. The van der Waals surface area contributed by atoms with Crippen molar-refractivity contribution in [3.05, 3.63) is 18.5 Å². The lowest BCUT2D eigenvalue weighted by molar-refractivity contribution is -0.150. The van der Waals surface area contributed by atoms with Gasteiger partial charge in [0.15, 0.2) is 0 Å². The lowest BCUT2D eigenvalue weighted by atomic mass is 9.97. The van der Waals surface area contributed by atoms with E-state index < -0.39 is 0 Å². The van der Waals surface area contributed by atoms with E-state index >= 15 is 0 Å². The zero-order valence-electron chi connectivity index (χ0n) is 13.0. The molecule has 2 atom stereocenters. The predicted molar refractivity (Wildman–Crippen MR) is 81.1 cm³/mol. The second kappa shape index (κ2) is 7.84. The monoisotopic (exact) mass is 306 g/mol. The third kappa shape index (κ3) is 4.24. The van der Waals surface area contributed by atoms with Crippen LogP contribution >= 0.6 is 0 Å². The summed E-state index contributed by atoms with van der Waals surface area (Å²) in [6.45, 7) is 5.35. The Morgan fingerprint density at radius 3 is 2.86 bits per heavy atom. The highest BCUT2D eigenvalue weighted by Crippen LogP contribution is 2.20. The van der Waals surface area contributed by atoms with Gasteiger partial charge in [0.05, 0.1) is 18.6 Å². The molecule has 0 saturated carbocycles. The Hall–Kier alpha value is -2.02. The molecule has 1 aromatic rings. The molecule has 1 aromatic heterocycles. The summed E-state index contributed by atoms with van der Waals surface area (Å²) >= 11 is 0. The van der Waals surface area contributed by atoms with Gasteiger partial charge >= 0.3 is 5.97 Å². The van der Waals surface area contributed by atoms with E-state index in [0.29, 0.717) is 19.1 Å². The summed E-state index contributed by atoms with van der Waals surface area (Å²) in [5, 5.41) is 2.69. The summed E-state index contributed by atoms with van der Waals surface area (Å²) in [6, 6.07) is 1.34. The van der Waals surface area contributed by atoms with Crippen LogP contribution in [0.15, 0.2) is 18.5 Å². The van der Waals surface area contributed by atoms with Crippen molar-refractivity contribution in [3.8, 4) is 0 Å². The molecule has 1 saturated heterocycles. The van der Waals surface area contributed by atoms with E-state index in [2.05, 4.69) is 15.3 Å². The summed E-state index contributed by atoms with van der Waals surface area (Å²) in [7, 11) is 0. The first-order chi connectivity index (χ1) is 10.6. The van der Waals surface area contributed by atoms with Gasteiger partial charge in [0.25, 0.3) is 0 Å². The molecular weight excluding hydrogens is 284 g/mol. The minimum Gasteiger partial charge on any atom is -0.466 e. The van der Waals surface area contributed by atoms with Crippen LogP contribution < -0.4 is 5.32 Å². The van der Waals surface area contributed by atoms with E-state index in [-0.39, 0.29) is 23.8 Å². The Morgan fingerprint density at radius 1 is 1.45 bits per heavy atom. The van der Waals surface area contributed by atoms with Gasteiger partial charge < -0.3 is 4.74 Å². The molecule has 0 radical (unpaired) electrons. The van der Waals surface area contributed by atoms with Gasteiger partial charge in [-0.1, -0.05) is 0 Å². The van der Waals surface area contributed by atoms with Crippen molar-refractivity contribution < 1.29 is 14.3 Å². The maximum Gasteiger partial charge on any atom is 0.310 e. The minimum absolute atomic E-state index is 0.156. The number of nitrogens with zero attached hydrogens (tertiary/aromatic N) is 3. The summed E-state index contributed by atoms with van der Waals surface area (Å²) < 4.78 is 5.08. The van der Waals surface area contributed by atoms with Gasteiger partial charge in [-0.05, 0) is 39.3 Å². The number of carbonyl (C=O) groups is 2. The fourth-order valence-corrected chi connectivity index (χ4v) is 2.55. The van der Waals surface area contributed by atoms with Gasteiger partial charge in [-0.3, -0.25) is 19.8 Å². The zero-order chi connectivity index (χ0) is 15.9. The van der Waals surface area contributed by atoms with E-state index in [0.717, 1.165) is 19.4 Å². The maximum absolute atomic E-state index is 12.3. The largest absolute Gasteiger partial charge is 0.466 e. The van der Waals surface area contributed by atoms with Gasteiger partial charge in [0.1, 0.15) is 0 Å². The first kappa shape index (κ1) is 16.4. The molecule has 1 aliphatic heterocycles. The number of aromatic nitrogens is 2. The molecule has 22 heavy (non-hydrogen) atoms. The number of likely N-dealkylation sites (tertiary alicyclic amines) is 1. The van der Waals surface area contributed by atoms with Crippen LogP contribution in [0.1, 0.15) is 26.7 Å². The Balaban J connectivity index is 1.92. The van der Waals surface area contributed by atoms with Crippen molar-refractivity contribution in [3.63, 3.8) is 0 Å². The Kier molecular flexibility index (Phi) is 5.83. The van der Waals surface area contributed by atoms with Crippen molar-refractivity contribution in [2.45, 2.75) is 32.7 Å². The first-order valence-electron chi connectivity index (χ1n) is 7.60. The van der Waals surface area contributed by atoms with E-state index in [1.54, 1.807) is 25.4 Å². The molecule has 1 aliphatic rings. The average molecular weight is 306 g/mol. The summed E-state index contributed by atoms with van der Waals surface area (Å²) in [5.74, 6) is -0.211. The van der Waals surface area contributed by atoms with Gasteiger partial charge in [-0.15, -0.1) is 0 Å². The van der Waals surface area contributed by atoms with Crippen LogP contribution in [0.2, 0.25) is 0 Å². The van der Waals surface area contributed by atoms with Crippen LogP contribution in [0.4, 0.5) is 5.95 Å². The van der Waals surface area contributed by atoms with Crippen molar-refractivity contribution in [2.75, 3.05) is 25.0 Å². The fraction of sp³-hybridized carbons (Fsp3) is 0.600. The molecule has 120 valence electrons. The topological polar surface area (TPSA) is 84.4 Å². The van der Waals surface area contributed by atoms with Gasteiger partial charge in [-0.2, -0.15) is 0 Å². The summed E-state index contributed by atoms with van der Waals surface area (Å²) in [6.07, 6.45) is 4.84. The molecule has 7 heteroatoms. The van der Waals surface area contributed by atoms with Gasteiger partial charge in [0, 0.05) is 18.9 Å². The van der Waals surface area contributed by atoms with Gasteiger partial charge in [0.2, 0.25) is 11.9 Å². The Bertz CT molecular complexity index is 509. The second-order valence-electron chi connectivity index (χ2n) is 5.32. The molecule has 1 N–H and O–H groups in total. The molecule has 2 rings (SSSR count). The molecule has 1 fully saturated rings. The van der Waals surface area contributed by atoms with Crippen molar-refractivity contribution >= 4 is 17.8 Å². The van der Waals surface area contributed by atoms with Crippen LogP contribution in [-0.2, 0) is 14.3 Å². The summed E-state index contributed by atoms with van der Waals surface area (Å²) in [5.41, 5.74) is 0. The molecule has 0 spiro atoms. The highest BCUT2D eigenvalue weighted by molar-refractivity contribution is 5.93. The Labute approximate surface area is 130 Å². The van der Waals surface area contributed by atoms with E-state index in [1.807, 2.05) is 11.8 Å². The number of nitrogens with one attached hydrogen (secondary N) is 1. The average Bonchev–Trinajstić information content (AvgIpc) is 2.55. The van der Waals surface area contributed by atoms with Crippen LogP contribution in [-0.4, -0.2) is 52.5 Å². The lowest BCUT2D eigenvalue weighted by Gasteiger charge is -2.34. The second-order valence-corrected chi connectivity index (χ2v) is 5.32. The number of ether oxygens (including phenoxy) is 1. The van der Waals surface area contributed by atoms with Crippen molar-refractivity contribution in [1.82, 2.24) is 14.9 Å². The molecule has 2 unspecified atom stereocenters. The summed E-state index contributed by atoms with van der Waals surface area (Å²) in [4.78, 5) is 34.1. The first-order valence-corrected chi connectivity index (χ1v) is 7.60. The standard InChI is InChI=1S/C15H22N4O3/c1-3-22-14(21)12-6-4-9-19(10-12)11(2)13(20)18-15-16-7-5-8-17-15/h5,7-8,11-12H,3-4,6,9-10H2,1-2H3,(H,16,17,18,20). The smallest absolute Gasteiger partial charge is 0.310 e. The number of hydrogen-bond donors (Lipinski definition) is 1. The van der Waals surface area contributed by atoms with Crippen LogP contribution in [0, 0.1) is 5.92 Å². The van der Waals surface area contributed by atoms with Crippen LogP contribution in [0.3, 0.4) is 0 Å². The molecule has 7 nitrogen and oxygen atoms in total. The Morgan fingerprint density at radius 2 is 2.18 bits per heavy atom. The molecular formula is C15H22N4O3. The third-order valence-electron chi connectivity index (χ3n) is 3.80. The molecule has 2 heterocycles. The van der Waals surface area contributed by atoms with E-state index in [4.69, 9.17) is 4.74 Å². The van der Waals surface area contributed by atoms with Crippen LogP contribution in [0.25, 0.3) is 0 Å². The highest BCUT2D eigenvalue weighted by atomic mass is 16.5. The molecule has 0 bridgehead atoms.